The molecule has 1 aromatic heterocycles. The van der Waals surface area contributed by atoms with Gasteiger partial charge in [0, 0.05) is 14.1 Å². The Hall–Kier alpha value is -2.83. The van der Waals surface area contributed by atoms with Crippen molar-refractivity contribution in [1.29, 1.82) is 0 Å². The molecule has 5 nitrogen and oxygen atoms in total. The maximum absolute atomic E-state index is 13.3. The zero-order chi connectivity index (χ0) is 18.6. The van der Waals surface area contributed by atoms with Crippen LogP contribution in [0.1, 0.15) is 38.1 Å². The van der Waals surface area contributed by atoms with Crippen molar-refractivity contribution >= 4 is 11.8 Å². The largest absolute Gasteiger partial charge is 0.343 e. The zero-order valence-electron chi connectivity index (χ0n) is 14.2. The quantitative estimate of drug-likeness (QED) is 0.905. The molecule has 0 saturated heterocycles. The van der Waals surface area contributed by atoms with Crippen molar-refractivity contribution in [3.63, 3.8) is 0 Å². The summed E-state index contributed by atoms with van der Waals surface area (Å²) in [5.74, 6) is -0.965. The molecule has 1 unspecified atom stereocenters. The molecule has 1 aromatic carbocycles. The van der Waals surface area contributed by atoms with Gasteiger partial charge in [0.2, 0.25) is 0 Å². The summed E-state index contributed by atoms with van der Waals surface area (Å²) in [6.07, 6.45) is -2.76. The monoisotopic (exact) mass is 347 g/mol. The summed E-state index contributed by atoms with van der Waals surface area (Å²) in [7, 11) is 3.18. The molecule has 0 spiro atoms. The van der Waals surface area contributed by atoms with Crippen LogP contribution in [0.15, 0.2) is 42.5 Å². The lowest BCUT2D eigenvalue weighted by Crippen LogP contribution is -2.33. The van der Waals surface area contributed by atoms with E-state index in [0.717, 1.165) is 0 Å². The summed E-state index contributed by atoms with van der Waals surface area (Å²) in [5.41, 5.74) is 0.951. The minimum absolute atomic E-state index is 0.150. The van der Waals surface area contributed by atoms with Crippen LogP contribution in [0.5, 0.6) is 0 Å². The second-order valence-corrected chi connectivity index (χ2v) is 5.73. The van der Waals surface area contributed by atoms with Crippen LogP contribution in [0.3, 0.4) is 0 Å². The molecule has 25 heavy (non-hydrogen) atoms. The highest BCUT2D eigenvalue weighted by molar-refractivity contribution is 5.97. The van der Waals surface area contributed by atoms with Crippen molar-refractivity contribution in [2.45, 2.75) is 19.4 Å². The van der Waals surface area contributed by atoms with Crippen molar-refractivity contribution in [2.24, 2.45) is 0 Å². The van der Waals surface area contributed by atoms with Crippen LogP contribution in [0.25, 0.3) is 0 Å². The first-order valence-corrected chi connectivity index (χ1v) is 7.64. The second-order valence-electron chi connectivity index (χ2n) is 5.73. The number of aryl methyl sites for hydroxylation is 1. The zero-order valence-corrected chi connectivity index (χ0v) is 14.2. The molecule has 0 saturated carbocycles. The maximum atomic E-state index is 13.3. The van der Waals surface area contributed by atoms with Crippen molar-refractivity contribution in [2.75, 3.05) is 14.1 Å². The molecule has 0 aliphatic heterocycles. The number of carbonyl (C=O) groups excluding carboxylic acids is 2. The van der Waals surface area contributed by atoms with Crippen LogP contribution < -0.4 is 5.32 Å². The van der Waals surface area contributed by atoms with Gasteiger partial charge in [-0.3, -0.25) is 9.59 Å². The summed E-state index contributed by atoms with van der Waals surface area (Å²) >= 11 is 0. The number of nitrogens with zero attached hydrogens (tertiary/aromatic N) is 2. The average Bonchev–Trinajstić information content (AvgIpc) is 2.59. The lowest BCUT2D eigenvalue weighted by Gasteiger charge is -2.19. The van der Waals surface area contributed by atoms with Gasteiger partial charge < -0.3 is 10.2 Å². The standard InChI is InChI=1S/C18H19F2N3O2/c1-11-13(9-10-14(21-11)18(25)23(2)3)17(24)22-15(16(19)20)12-7-5-4-6-8-12/h4-10,15-16H,1-3H3,(H,22,24). The smallest absolute Gasteiger partial charge is 0.271 e. The molecular weight excluding hydrogens is 328 g/mol. The van der Waals surface area contributed by atoms with Gasteiger partial charge in [-0.05, 0) is 24.6 Å². The lowest BCUT2D eigenvalue weighted by molar-refractivity contribution is 0.0742. The number of benzene rings is 1. The molecule has 132 valence electrons. The molecule has 0 aliphatic rings. The SMILES string of the molecule is Cc1nc(C(=O)N(C)C)ccc1C(=O)NC(c1ccccc1)C(F)F. The Morgan fingerprint density at radius 1 is 1.08 bits per heavy atom. The number of amides is 2. The number of aromatic nitrogens is 1. The Morgan fingerprint density at radius 3 is 2.24 bits per heavy atom. The Morgan fingerprint density at radius 2 is 1.72 bits per heavy atom. The number of nitrogens with one attached hydrogen (secondary N) is 1. The van der Waals surface area contributed by atoms with E-state index in [0.29, 0.717) is 11.3 Å². The van der Waals surface area contributed by atoms with E-state index >= 15 is 0 Å². The number of rotatable bonds is 5. The van der Waals surface area contributed by atoms with Gasteiger partial charge in [-0.25, -0.2) is 13.8 Å². The van der Waals surface area contributed by atoms with Crippen molar-refractivity contribution in [3.8, 4) is 0 Å². The van der Waals surface area contributed by atoms with Crippen molar-refractivity contribution < 1.29 is 18.4 Å². The van der Waals surface area contributed by atoms with Gasteiger partial charge >= 0.3 is 0 Å². The van der Waals surface area contributed by atoms with Crippen LogP contribution in [0.2, 0.25) is 0 Å². The van der Waals surface area contributed by atoms with E-state index in [9.17, 15) is 18.4 Å². The molecule has 0 fully saturated rings. The normalized spacial score (nSPS) is 11.9. The first kappa shape index (κ1) is 18.5. The highest BCUT2D eigenvalue weighted by atomic mass is 19.3. The average molecular weight is 347 g/mol. The van der Waals surface area contributed by atoms with Crippen LogP contribution in [-0.4, -0.2) is 42.2 Å². The third kappa shape index (κ3) is 4.37. The molecule has 0 bridgehead atoms. The lowest BCUT2D eigenvalue weighted by atomic mass is 10.1. The van der Waals surface area contributed by atoms with Crippen molar-refractivity contribution in [3.05, 3.63) is 65.0 Å². The number of hydrogen-bond acceptors (Lipinski definition) is 3. The Labute approximate surface area is 144 Å². The number of hydrogen-bond donors (Lipinski definition) is 1. The second kappa shape index (κ2) is 7.83. The highest BCUT2D eigenvalue weighted by Gasteiger charge is 2.25. The maximum Gasteiger partial charge on any atom is 0.271 e. The van der Waals surface area contributed by atoms with Crippen LogP contribution in [0.4, 0.5) is 8.78 Å². The van der Waals surface area contributed by atoms with E-state index in [2.05, 4.69) is 10.3 Å². The number of carbonyl (C=O) groups is 2. The van der Waals surface area contributed by atoms with Gasteiger partial charge in [-0.15, -0.1) is 0 Å². The fraction of sp³-hybridized carbons (Fsp3) is 0.278. The molecule has 2 rings (SSSR count). The summed E-state index contributed by atoms with van der Waals surface area (Å²) in [6.45, 7) is 1.56. The van der Waals surface area contributed by atoms with Gasteiger partial charge in [-0.1, -0.05) is 30.3 Å². The minimum atomic E-state index is -2.76. The summed E-state index contributed by atoms with van der Waals surface area (Å²) in [6, 6.07) is 9.43. The molecule has 2 aromatic rings. The van der Waals surface area contributed by atoms with E-state index in [1.807, 2.05) is 0 Å². The molecular formula is C18H19F2N3O2. The minimum Gasteiger partial charge on any atom is -0.343 e. The van der Waals surface area contributed by atoms with Crippen LogP contribution >= 0.6 is 0 Å². The number of alkyl halides is 2. The Bertz CT molecular complexity index is 764. The summed E-state index contributed by atoms with van der Waals surface area (Å²) < 4.78 is 26.7. The molecule has 1 heterocycles. The molecule has 0 aliphatic carbocycles. The van der Waals surface area contributed by atoms with Gasteiger partial charge in [0.05, 0.1) is 11.3 Å². The van der Waals surface area contributed by atoms with E-state index in [-0.39, 0.29) is 17.2 Å². The third-order valence-corrected chi connectivity index (χ3v) is 3.65. The fourth-order valence-corrected chi connectivity index (χ4v) is 2.32. The third-order valence-electron chi connectivity index (χ3n) is 3.65. The number of halogens is 2. The van der Waals surface area contributed by atoms with E-state index in [1.165, 1.54) is 29.2 Å². The van der Waals surface area contributed by atoms with Gasteiger partial charge in [0.25, 0.3) is 18.2 Å². The first-order chi connectivity index (χ1) is 11.8. The van der Waals surface area contributed by atoms with Crippen molar-refractivity contribution in [1.82, 2.24) is 15.2 Å². The van der Waals surface area contributed by atoms with E-state index < -0.39 is 18.4 Å². The summed E-state index contributed by atoms with van der Waals surface area (Å²) in [4.78, 5) is 29.7. The number of pyridine rings is 1. The van der Waals surface area contributed by atoms with E-state index in [4.69, 9.17) is 0 Å². The highest BCUT2D eigenvalue weighted by Crippen LogP contribution is 2.21. The molecule has 1 atom stereocenters. The first-order valence-electron chi connectivity index (χ1n) is 7.64. The molecule has 1 N–H and O–H groups in total. The Balaban J connectivity index is 2.23. The molecule has 0 radical (unpaired) electrons. The molecule has 2 amide bonds. The Kier molecular flexibility index (Phi) is 5.80. The predicted molar refractivity (Wildman–Crippen MR) is 89.6 cm³/mol. The topological polar surface area (TPSA) is 62.3 Å². The van der Waals surface area contributed by atoms with Crippen LogP contribution in [0, 0.1) is 6.92 Å². The molecule has 7 heteroatoms. The van der Waals surface area contributed by atoms with Gasteiger partial charge in [0.15, 0.2) is 0 Å². The van der Waals surface area contributed by atoms with Crippen LogP contribution in [-0.2, 0) is 0 Å². The van der Waals surface area contributed by atoms with Gasteiger partial charge in [0.1, 0.15) is 11.7 Å². The predicted octanol–water partition coefficient (Wildman–Crippen LogP) is 2.83. The summed E-state index contributed by atoms with van der Waals surface area (Å²) in [5, 5.41) is 2.34. The fourth-order valence-electron chi connectivity index (χ4n) is 2.32. The van der Waals surface area contributed by atoms with E-state index in [1.54, 1.807) is 39.2 Å². The van der Waals surface area contributed by atoms with Gasteiger partial charge in [-0.2, -0.15) is 0 Å².